The van der Waals surface area contributed by atoms with Crippen molar-refractivity contribution >= 4 is 17.4 Å². The zero-order chi connectivity index (χ0) is 7.90. The molecule has 2 aliphatic carbocycles. The summed E-state index contributed by atoms with van der Waals surface area (Å²) >= 11 is 5.35. The number of carbonyl (C=O) groups excluding carboxylic acids is 1. The molecule has 2 rings (SSSR count). The lowest BCUT2D eigenvalue weighted by atomic mass is 9.98. The van der Waals surface area contributed by atoms with Gasteiger partial charge in [0.05, 0.1) is 0 Å². The number of rotatable bonds is 2. The van der Waals surface area contributed by atoms with E-state index in [1.54, 1.807) is 0 Å². The maximum atomic E-state index is 11.4. The number of hydrogen-bond donors (Lipinski definition) is 0. The second kappa shape index (κ2) is 2.34. The van der Waals surface area contributed by atoms with Crippen molar-refractivity contribution in [1.82, 2.24) is 0 Å². The van der Waals surface area contributed by atoms with E-state index in [-0.39, 0.29) is 11.2 Å². The first kappa shape index (κ1) is 7.35. The average Bonchev–Trinajstić information content (AvgIpc) is 2.57. The summed E-state index contributed by atoms with van der Waals surface area (Å²) in [6.07, 6.45) is 6.21. The van der Waals surface area contributed by atoms with Crippen molar-refractivity contribution in [3.05, 3.63) is 11.6 Å². The fourth-order valence-corrected chi connectivity index (χ4v) is 2.49. The van der Waals surface area contributed by atoms with Gasteiger partial charge >= 0.3 is 0 Å². The van der Waals surface area contributed by atoms with Crippen molar-refractivity contribution < 1.29 is 4.79 Å². The maximum absolute atomic E-state index is 11.4. The zero-order valence-corrected chi connectivity index (χ0v) is 7.10. The molecule has 11 heavy (non-hydrogen) atoms. The van der Waals surface area contributed by atoms with Crippen molar-refractivity contribution in [2.75, 3.05) is 0 Å². The summed E-state index contributed by atoms with van der Waals surface area (Å²) in [5.41, 5.74) is 1.40. The minimum atomic E-state index is 0.0609. The molecule has 2 aliphatic rings. The number of hydrogen-bond acceptors (Lipinski definition) is 1. The lowest BCUT2D eigenvalue weighted by Crippen LogP contribution is -2.11. The Morgan fingerprint density at radius 1 is 1.64 bits per heavy atom. The molecule has 2 saturated carbocycles. The van der Waals surface area contributed by atoms with Crippen LogP contribution in [0.2, 0.25) is 0 Å². The van der Waals surface area contributed by atoms with Gasteiger partial charge in [0, 0.05) is 11.0 Å². The molecule has 2 heteroatoms. The van der Waals surface area contributed by atoms with Crippen LogP contribution in [-0.4, -0.2) is 5.78 Å². The van der Waals surface area contributed by atoms with Crippen LogP contribution in [0, 0.1) is 11.3 Å². The van der Waals surface area contributed by atoms with Gasteiger partial charge in [-0.1, -0.05) is 18.0 Å². The maximum Gasteiger partial charge on any atom is 0.162 e. The van der Waals surface area contributed by atoms with Gasteiger partial charge in [0.25, 0.3) is 0 Å². The zero-order valence-electron chi connectivity index (χ0n) is 6.35. The van der Waals surface area contributed by atoms with Crippen LogP contribution in [0.25, 0.3) is 0 Å². The molecule has 0 N–H and O–H groups in total. The molecule has 0 aliphatic heterocycles. The molecule has 0 spiro atoms. The highest BCUT2D eigenvalue weighted by Gasteiger charge is 2.60. The minimum Gasteiger partial charge on any atom is -0.294 e. The molecule has 0 aromatic rings. The van der Waals surface area contributed by atoms with Gasteiger partial charge in [-0.05, 0) is 31.3 Å². The van der Waals surface area contributed by atoms with Gasteiger partial charge in [0.1, 0.15) is 0 Å². The van der Waals surface area contributed by atoms with E-state index in [1.165, 1.54) is 24.5 Å². The molecular weight excluding hydrogens is 160 g/mol. The van der Waals surface area contributed by atoms with E-state index in [4.69, 9.17) is 11.6 Å². The molecular formula is C9H11ClO. The second-order valence-electron chi connectivity index (χ2n) is 3.61. The van der Waals surface area contributed by atoms with Gasteiger partial charge in [-0.3, -0.25) is 4.79 Å². The van der Waals surface area contributed by atoms with Gasteiger partial charge < -0.3 is 0 Å². The van der Waals surface area contributed by atoms with Gasteiger partial charge in [0.15, 0.2) is 5.78 Å². The molecule has 0 aromatic carbocycles. The monoisotopic (exact) mass is 170 g/mol. The second-order valence-corrected chi connectivity index (χ2v) is 3.86. The van der Waals surface area contributed by atoms with Crippen molar-refractivity contribution in [2.45, 2.75) is 25.7 Å². The van der Waals surface area contributed by atoms with Crippen LogP contribution in [0.4, 0.5) is 0 Å². The van der Waals surface area contributed by atoms with Crippen molar-refractivity contribution in [3.8, 4) is 0 Å². The number of fused-ring (bicyclic) bond motifs is 1. The topological polar surface area (TPSA) is 17.1 Å². The van der Waals surface area contributed by atoms with E-state index in [0.29, 0.717) is 5.92 Å². The highest BCUT2D eigenvalue weighted by molar-refractivity contribution is 6.27. The first-order valence-electron chi connectivity index (χ1n) is 4.11. The lowest BCUT2D eigenvalue weighted by Gasteiger charge is -2.04. The third-order valence-electron chi connectivity index (χ3n) is 3.11. The van der Waals surface area contributed by atoms with Crippen molar-refractivity contribution in [2.24, 2.45) is 11.3 Å². The molecule has 1 nitrogen and oxygen atoms in total. The SMILES string of the molecule is O=C(/C=C/Cl)C12CCCC1C2. The summed E-state index contributed by atoms with van der Waals surface area (Å²) in [6, 6.07) is 0. The molecule has 60 valence electrons. The Hall–Kier alpha value is -0.300. The predicted octanol–water partition coefficient (Wildman–Crippen LogP) is 2.50. The summed E-state index contributed by atoms with van der Waals surface area (Å²) in [5.74, 6) is 0.956. The molecule has 2 fully saturated rings. The van der Waals surface area contributed by atoms with Gasteiger partial charge in [-0.15, -0.1) is 0 Å². The normalized spacial score (nSPS) is 41.0. The van der Waals surface area contributed by atoms with Crippen LogP contribution >= 0.6 is 11.6 Å². The smallest absolute Gasteiger partial charge is 0.162 e. The van der Waals surface area contributed by atoms with Crippen LogP contribution < -0.4 is 0 Å². The summed E-state index contributed by atoms with van der Waals surface area (Å²) in [4.78, 5) is 11.4. The molecule has 2 unspecified atom stereocenters. The fourth-order valence-electron chi connectivity index (χ4n) is 2.38. The van der Waals surface area contributed by atoms with E-state index < -0.39 is 0 Å². The van der Waals surface area contributed by atoms with Crippen molar-refractivity contribution in [1.29, 1.82) is 0 Å². The van der Waals surface area contributed by atoms with E-state index >= 15 is 0 Å². The van der Waals surface area contributed by atoms with Crippen LogP contribution in [-0.2, 0) is 4.79 Å². The quantitative estimate of drug-likeness (QED) is 0.582. The van der Waals surface area contributed by atoms with E-state index in [1.807, 2.05) is 0 Å². The van der Waals surface area contributed by atoms with Gasteiger partial charge in [-0.2, -0.15) is 0 Å². The highest BCUT2D eigenvalue weighted by Crippen LogP contribution is 2.64. The van der Waals surface area contributed by atoms with Crippen LogP contribution in [0.1, 0.15) is 25.7 Å². The molecule has 0 saturated heterocycles. The molecule has 0 bridgehead atoms. The van der Waals surface area contributed by atoms with E-state index in [9.17, 15) is 4.79 Å². The minimum absolute atomic E-state index is 0.0609. The Balaban J connectivity index is 2.11. The van der Waals surface area contributed by atoms with Gasteiger partial charge in [0.2, 0.25) is 0 Å². The van der Waals surface area contributed by atoms with E-state index in [2.05, 4.69) is 0 Å². The summed E-state index contributed by atoms with van der Waals surface area (Å²) in [6.45, 7) is 0. The Kier molecular flexibility index (Phi) is 1.57. The van der Waals surface area contributed by atoms with Gasteiger partial charge in [-0.25, -0.2) is 0 Å². The Morgan fingerprint density at radius 2 is 2.45 bits per heavy atom. The summed E-state index contributed by atoms with van der Waals surface area (Å²) in [7, 11) is 0. The standard InChI is InChI=1S/C9H11ClO/c10-5-3-8(11)9-4-1-2-7(9)6-9/h3,5,7H,1-2,4,6H2/b5-3+. The molecule has 2 atom stereocenters. The number of ketones is 1. The lowest BCUT2D eigenvalue weighted by molar-refractivity contribution is -0.119. The van der Waals surface area contributed by atoms with E-state index in [0.717, 1.165) is 12.8 Å². The molecule has 0 aromatic heterocycles. The van der Waals surface area contributed by atoms with Crippen LogP contribution in [0.5, 0.6) is 0 Å². The summed E-state index contributed by atoms with van der Waals surface area (Å²) in [5, 5.41) is 0. The third-order valence-corrected chi connectivity index (χ3v) is 3.24. The largest absolute Gasteiger partial charge is 0.294 e. The fraction of sp³-hybridized carbons (Fsp3) is 0.667. The first-order chi connectivity index (χ1) is 5.29. The average molecular weight is 171 g/mol. The number of carbonyl (C=O) groups is 1. The first-order valence-corrected chi connectivity index (χ1v) is 4.54. The van der Waals surface area contributed by atoms with Crippen LogP contribution in [0.15, 0.2) is 11.6 Å². The number of halogens is 1. The number of allylic oxidation sites excluding steroid dienone is 1. The van der Waals surface area contributed by atoms with Crippen LogP contribution in [0.3, 0.4) is 0 Å². The highest BCUT2D eigenvalue weighted by atomic mass is 35.5. The summed E-state index contributed by atoms with van der Waals surface area (Å²) < 4.78 is 0. The molecule has 0 radical (unpaired) electrons. The van der Waals surface area contributed by atoms with Crippen molar-refractivity contribution in [3.63, 3.8) is 0 Å². The molecule has 0 amide bonds. The Labute approximate surface area is 71.4 Å². The Morgan fingerprint density at radius 3 is 2.91 bits per heavy atom. The Bertz CT molecular complexity index is 222. The predicted molar refractivity (Wildman–Crippen MR) is 44.4 cm³/mol. The molecule has 0 heterocycles. The third kappa shape index (κ3) is 0.943.